The molecule has 0 N–H and O–H groups in total. The lowest BCUT2D eigenvalue weighted by molar-refractivity contribution is 0.989. The Kier molecular flexibility index (Phi) is 2.14. The number of aromatic nitrogens is 4. The third kappa shape index (κ3) is 1.48. The van der Waals surface area contributed by atoms with Crippen LogP contribution in [0.4, 0.5) is 0 Å². The molecule has 4 nitrogen and oxygen atoms in total. The lowest BCUT2D eigenvalue weighted by Crippen LogP contribution is -1.93. The summed E-state index contributed by atoms with van der Waals surface area (Å²) < 4.78 is 2.97. The van der Waals surface area contributed by atoms with Gasteiger partial charge in [0.2, 0.25) is 0 Å². The summed E-state index contributed by atoms with van der Waals surface area (Å²) in [7, 11) is 2.00. The van der Waals surface area contributed by atoms with Crippen molar-refractivity contribution in [3.8, 4) is 0 Å². The highest BCUT2D eigenvalue weighted by molar-refractivity contribution is 9.10. The highest BCUT2D eigenvalue weighted by atomic mass is 79.9. The van der Waals surface area contributed by atoms with E-state index in [4.69, 9.17) is 4.98 Å². The zero-order chi connectivity index (χ0) is 13.0. The van der Waals surface area contributed by atoms with Crippen molar-refractivity contribution in [3.63, 3.8) is 0 Å². The molecule has 5 heteroatoms. The fraction of sp³-hybridized carbons (Fsp3) is 0.0714. The van der Waals surface area contributed by atoms with Crippen molar-refractivity contribution in [1.29, 1.82) is 0 Å². The number of nitrogens with zero attached hydrogens (tertiary/aromatic N) is 4. The van der Waals surface area contributed by atoms with E-state index in [1.54, 1.807) is 6.20 Å². The highest BCUT2D eigenvalue weighted by Crippen LogP contribution is 2.27. The number of pyridine rings is 1. The molecule has 0 aliphatic carbocycles. The Morgan fingerprint density at radius 3 is 2.89 bits per heavy atom. The van der Waals surface area contributed by atoms with Crippen molar-refractivity contribution in [2.24, 2.45) is 7.05 Å². The van der Waals surface area contributed by atoms with Crippen LogP contribution in [0.2, 0.25) is 0 Å². The van der Waals surface area contributed by atoms with E-state index in [9.17, 15) is 0 Å². The third-order valence-corrected chi connectivity index (χ3v) is 3.74. The quantitative estimate of drug-likeness (QED) is 0.499. The number of hydrogen-bond acceptors (Lipinski definition) is 3. The topological polar surface area (TPSA) is 43.6 Å². The Balaban J connectivity index is 2.28. The number of rotatable bonds is 0. The van der Waals surface area contributed by atoms with Crippen LogP contribution >= 0.6 is 15.9 Å². The average molecular weight is 313 g/mol. The zero-order valence-corrected chi connectivity index (χ0v) is 11.7. The molecular formula is C14H9BrN4. The molecule has 0 saturated carbocycles. The smallest absolute Gasteiger partial charge is 0.180 e. The minimum Gasteiger partial charge on any atom is -0.327 e. The molecule has 3 aromatic heterocycles. The Morgan fingerprint density at radius 2 is 2.00 bits per heavy atom. The molecule has 0 aliphatic heterocycles. The number of halogens is 1. The summed E-state index contributed by atoms with van der Waals surface area (Å²) in [6, 6.07) is 10.1. The van der Waals surface area contributed by atoms with Crippen molar-refractivity contribution < 1.29 is 0 Å². The molecule has 0 amide bonds. The number of aryl methyl sites for hydroxylation is 1. The summed E-state index contributed by atoms with van der Waals surface area (Å²) in [5.41, 5.74) is 4.39. The number of benzene rings is 1. The maximum absolute atomic E-state index is 4.71. The first-order valence-corrected chi connectivity index (χ1v) is 6.70. The Labute approximate surface area is 117 Å². The molecule has 0 saturated heterocycles. The van der Waals surface area contributed by atoms with Gasteiger partial charge in [0.25, 0.3) is 0 Å². The van der Waals surface area contributed by atoms with Crippen LogP contribution in [0.1, 0.15) is 0 Å². The fourth-order valence-corrected chi connectivity index (χ4v) is 2.73. The Hall–Kier alpha value is -2.01. The number of hydrogen-bond donors (Lipinski definition) is 0. The van der Waals surface area contributed by atoms with Gasteiger partial charge in [-0.25, -0.2) is 15.0 Å². The second-order valence-electron chi connectivity index (χ2n) is 4.47. The molecule has 4 aromatic rings. The Bertz CT molecular complexity index is 942. The molecule has 19 heavy (non-hydrogen) atoms. The monoisotopic (exact) mass is 312 g/mol. The van der Waals surface area contributed by atoms with Gasteiger partial charge in [-0.05, 0) is 28.1 Å². The summed E-state index contributed by atoms with van der Waals surface area (Å²) in [6.45, 7) is 0. The lowest BCUT2D eigenvalue weighted by Gasteiger charge is -1.99. The van der Waals surface area contributed by atoms with E-state index in [0.29, 0.717) is 5.65 Å². The molecular weight excluding hydrogens is 304 g/mol. The van der Waals surface area contributed by atoms with Gasteiger partial charge in [0, 0.05) is 23.1 Å². The second kappa shape index (κ2) is 3.74. The summed E-state index contributed by atoms with van der Waals surface area (Å²) in [6.07, 6.45) is 1.74. The molecule has 92 valence electrons. The molecule has 0 fully saturated rings. The van der Waals surface area contributed by atoms with Crippen molar-refractivity contribution in [3.05, 3.63) is 41.0 Å². The highest BCUT2D eigenvalue weighted by Gasteiger charge is 2.12. The lowest BCUT2D eigenvalue weighted by atomic mass is 10.2. The molecule has 0 aliphatic rings. The minimum atomic E-state index is 0.668. The zero-order valence-electron chi connectivity index (χ0n) is 10.1. The first-order chi connectivity index (χ1) is 9.24. The maximum atomic E-state index is 4.71. The fourth-order valence-electron chi connectivity index (χ4n) is 2.41. The first-order valence-electron chi connectivity index (χ1n) is 5.90. The van der Waals surface area contributed by atoms with Crippen molar-refractivity contribution in [2.45, 2.75) is 0 Å². The molecule has 3 heterocycles. The third-order valence-electron chi connectivity index (χ3n) is 3.31. The van der Waals surface area contributed by atoms with Gasteiger partial charge >= 0.3 is 0 Å². The van der Waals surface area contributed by atoms with Gasteiger partial charge in [0.05, 0.1) is 5.52 Å². The Morgan fingerprint density at radius 1 is 1.16 bits per heavy atom. The molecule has 0 unspecified atom stereocenters. The van der Waals surface area contributed by atoms with E-state index in [1.807, 2.05) is 25.2 Å². The molecule has 4 rings (SSSR count). The summed E-state index contributed by atoms with van der Waals surface area (Å²) >= 11 is 3.42. The van der Waals surface area contributed by atoms with Gasteiger partial charge < -0.3 is 4.57 Å². The summed E-state index contributed by atoms with van der Waals surface area (Å²) in [4.78, 5) is 13.6. The van der Waals surface area contributed by atoms with Crippen LogP contribution in [0.25, 0.3) is 33.2 Å². The van der Waals surface area contributed by atoms with E-state index >= 15 is 0 Å². The predicted molar refractivity (Wildman–Crippen MR) is 79.0 cm³/mol. The van der Waals surface area contributed by atoms with Crippen LogP contribution in [-0.4, -0.2) is 19.5 Å². The summed E-state index contributed by atoms with van der Waals surface area (Å²) in [5.74, 6) is 0. The first kappa shape index (κ1) is 10.9. The normalized spacial score (nSPS) is 11.7. The molecule has 0 bridgehead atoms. The second-order valence-corrected chi connectivity index (χ2v) is 5.38. The molecule has 1 aromatic carbocycles. The average Bonchev–Trinajstić information content (AvgIpc) is 2.70. The van der Waals surface area contributed by atoms with Crippen LogP contribution in [0.5, 0.6) is 0 Å². The van der Waals surface area contributed by atoms with Gasteiger partial charge in [-0.3, -0.25) is 0 Å². The van der Waals surface area contributed by atoms with E-state index < -0.39 is 0 Å². The van der Waals surface area contributed by atoms with Crippen LogP contribution in [0.3, 0.4) is 0 Å². The number of fused-ring (bicyclic) bond motifs is 4. The van der Waals surface area contributed by atoms with Crippen LogP contribution < -0.4 is 0 Å². The molecule has 0 atom stereocenters. The van der Waals surface area contributed by atoms with Crippen molar-refractivity contribution in [1.82, 2.24) is 19.5 Å². The van der Waals surface area contributed by atoms with Gasteiger partial charge in [-0.1, -0.05) is 18.2 Å². The van der Waals surface area contributed by atoms with Crippen LogP contribution in [-0.2, 0) is 7.05 Å². The van der Waals surface area contributed by atoms with E-state index in [-0.39, 0.29) is 0 Å². The largest absolute Gasteiger partial charge is 0.327 e. The summed E-state index contributed by atoms with van der Waals surface area (Å²) in [5, 5.41) is 1.12. The van der Waals surface area contributed by atoms with Crippen molar-refractivity contribution >= 4 is 49.2 Å². The maximum Gasteiger partial charge on any atom is 0.180 e. The number of para-hydroxylation sites is 1. The van der Waals surface area contributed by atoms with Gasteiger partial charge in [-0.2, -0.15) is 0 Å². The molecule has 0 spiro atoms. The van der Waals surface area contributed by atoms with Crippen molar-refractivity contribution in [2.75, 3.05) is 0 Å². The SMILES string of the molecule is Cn1c2ccccc2c2nc3cc(Br)cnc3nc21. The van der Waals surface area contributed by atoms with Crippen LogP contribution in [0, 0.1) is 0 Å². The van der Waals surface area contributed by atoms with E-state index in [2.05, 4.69) is 42.6 Å². The van der Waals surface area contributed by atoms with Gasteiger partial charge in [0.15, 0.2) is 11.3 Å². The predicted octanol–water partition coefficient (Wildman–Crippen LogP) is 3.43. The standard InChI is InChI=1S/C14H9BrN4/c1-19-11-5-3-2-4-9(11)12-14(19)18-13-10(17-12)6-8(15)7-16-13/h2-7H,1H3. The molecule has 0 radical (unpaired) electrons. The van der Waals surface area contributed by atoms with Gasteiger partial charge in [0.1, 0.15) is 11.0 Å². The van der Waals surface area contributed by atoms with E-state index in [0.717, 1.165) is 32.1 Å². The minimum absolute atomic E-state index is 0.668. The van der Waals surface area contributed by atoms with E-state index in [1.165, 1.54) is 0 Å². The van der Waals surface area contributed by atoms with Crippen LogP contribution in [0.15, 0.2) is 41.0 Å². The van der Waals surface area contributed by atoms with Gasteiger partial charge in [-0.15, -0.1) is 0 Å².